The molecule has 2 aliphatic heterocycles. The summed E-state index contributed by atoms with van der Waals surface area (Å²) in [7, 11) is 0. The number of pyridine rings is 1. The molecule has 4 heterocycles. The number of rotatable bonds is 6. The molecule has 0 amide bonds. The Hall–Kier alpha value is -2.81. The third kappa shape index (κ3) is 4.99. The fourth-order valence-corrected chi connectivity index (χ4v) is 4.89. The van der Waals surface area contributed by atoms with Crippen LogP contribution >= 0.6 is 11.6 Å². The van der Waals surface area contributed by atoms with Gasteiger partial charge >= 0.3 is 0 Å². The number of halogens is 2. The Balaban J connectivity index is 1.44. The number of aromatic nitrogens is 3. The minimum Gasteiger partial charge on any atom is -0.359 e. The molecule has 0 spiro atoms. The summed E-state index contributed by atoms with van der Waals surface area (Å²) in [6, 6.07) is 9.70. The number of hydrogen-bond acceptors (Lipinski definition) is 6. The molecule has 2 aliphatic rings. The first-order valence-corrected chi connectivity index (χ1v) is 12.1. The van der Waals surface area contributed by atoms with Crippen LogP contribution in [-0.2, 0) is 4.74 Å². The Morgan fingerprint density at radius 3 is 2.85 bits per heavy atom. The fraction of sp³-hybridized carbons (Fsp3) is 0.400. The van der Waals surface area contributed by atoms with E-state index in [0.29, 0.717) is 17.2 Å². The van der Waals surface area contributed by atoms with Gasteiger partial charge in [0.15, 0.2) is 0 Å². The van der Waals surface area contributed by atoms with E-state index in [1.54, 1.807) is 41.2 Å². The average Bonchev–Trinajstić information content (AvgIpc) is 3.38. The average molecular weight is 484 g/mol. The molecule has 0 saturated carbocycles. The molecular formula is C25H27ClFN5O2. The van der Waals surface area contributed by atoms with Crippen LogP contribution in [0.2, 0.25) is 5.02 Å². The van der Waals surface area contributed by atoms with E-state index in [1.165, 1.54) is 6.07 Å². The Labute approximate surface area is 202 Å². The summed E-state index contributed by atoms with van der Waals surface area (Å²) < 4.78 is 21.7. The zero-order chi connectivity index (χ0) is 23.5. The van der Waals surface area contributed by atoms with Crippen molar-refractivity contribution in [3.05, 3.63) is 75.5 Å². The topological polar surface area (TPSA) is 81.1 Å². The molecule has 178 valence electrons. The molecule has 2 saturated heterocycles. The summed E-state index contributed by atoms with van der Waals surface area (Å²) in [6.45, 7) is 2.35. The van der Waals surface area contributed by atoms with E-state index in [0.717, 1.165) is 50.9 Å². The van der Waals surface area contributed by atoms with Crippen LogP contribution < -0.4 is 16.2 Å². The van der Waals surface area contributed by atoms with Crippen molar-refractivity contribution in [2.75, 3.05) is 25.0 Å². The molecule has 0 aliphatic carbocycles. The van der Waals surface area contributed by atoms with Crippen LogP contribution in [0.5, 0.6) is 0 Å². The predicted octanol–water partition coefficient (Wildman–Crippen LogP) is 4.24. The maximum atomic E-state index is 14.3. The van der Waals surface area contributed by atoms with Crippen LogP contribution in [0.15, 0.2) is 53.6 Å². The lowest BCUT2D eigenvalue weighted by atomic mass is 9.91. The number of benzene rings is 1. The first-order valence-electron chi connectivity index (χ1n) is 11.7. The van der Waals surface area contributed by atoms with Crippen molar-refractivity contribution in [1.29, 1.82) is 0 Å². The van der Waals surface area contributed by atoms with E-state index >= 15 is 0 Å². The van der Waals surface area contributed by atoms with Gasteiger partial charge in [-0.05, 0) is 68.0 Å². The number of ether oxygens (including phenoxy) is 1. The molecule has 2 aromatic heterocycles. The van der Waals surface area contributed by atoms with Crippen LogP contribution in [-0.4, -0.2) is 40.5 Å². The summed E-state index contributed by atoms with van der Waals surface area (Å²) in [5.41, 5.74) is 1.90. The SMILES string of the molecule is O=c1cc(-c2ccnc(NC3CCCCO3)n2)ccn1[C@@H](c1ccc(Cl)c(F)c1)[C@H]1CCNC1. The number of nitrogens with one attached hydrogen (secondary N) is 2. The van der Waals surface area contributed by atoms with E-state index in [1.807, 2.05) is 6.07 Å². The van der Waals surface area contributed by atoms with E-state index in [4.69, 9.17) is 16.3 Å². The predicted molar refractivity (Wildman–Crippen MR) is 129 cm³/mol. The number of hydrogen-bond donors (Lipinski definition) is 2. The molecule has 3 aromatic rings. The van der Waals surface area contributed by atoms with E-state index < -0.39 is 5.82 Å². The number of nitrogens with zero attached hydrogens (tertiary/aromatic N) is 3. The summed E-state index contributed by atoms with van der Waals surface area (Å²) in [6.07, 6.45) is 7.31. The summed E-state index contributed by atoms with van der Waals surface area (Å²) in [5, 5.41) is 6.64. The minimum atomic E-state index is -0.484. The van der Waals surface area contributed by atoms with Gasteiger partial charge in [-0.3, -0.25) is 4.79 Å². The Kier molecular flexibility index (Phi) is 6.89. The monoisotopic (exact) mass is 483 g/mol. The third-order valence-corrected chi connectivity index (χ3v) is 6.81. The van der Waals surface area contributed by atoms with Crippen molar-refractivity contribution < 1.29 is 9.13 Å². The van der Waals surface area contributed by atoms with Gasteiger partial charge in [-0.1, -0.05) is 17.7 Å². The highest BCUT2D eigenvalue weighted by Gasteiger charge is 2.29. The molecule has 0 bridgehead atoms. The molecule has 2 N–H and O–H groups in total. The van der Waals surface area contributed by atoms with E-state index in [9.17, 15) is 9.18 Å². The van der Waals surface area contributed by atoms with Gasteiger partial charge in [-0.2, -0.15) is 0 Å². The zero-order valence-corrected chi connectivity index (χ0v) is 19.5. The Morgan fingerprint density at radius 1 is 1.21 bits per heavy atom. The largest absolute Gasteiger partial charge is 0.359 e. The first-order chi connectivity index (χ1) is 16.6. The lowest BCUT2D eigenvalue weighted by molar-refractivity contribution is 0.0338. The van der Waals surface area contributed by atoms with Gasteiger partial charge in [0.25, 0.3) is 5.56 Å². The highest BCUT2D eigenvalue weighted by molar-refractivity contribution is 6.30. The Bertz CT molecular complexity index is 1210. The molecule has 1 aromatic carbocycles. The minimum absolute atomic E-state index is 0.0709. The normalized spacial score (nSPS) is 21.4. The van der Waals surface area contributed by atoms with Crippen molar-refractivity contribution >= 4 is 17.5 Å². The standard InChI is InChI=1S/C25H27ClFN5O2/c26-19-5-4-17(13-20(19)27)24(18-6-9-28-15-18)32-11-8-16(14-23(32)33)21-7-10-29-25(30-21)31-22-3-1-2-12-34-22/h4-5,7-8,10-11,13-14,18,22,24,28H,1-3,6,9,12,15H2,(H,29,30,31)/t18-,22?,24-/m0/s1. The lowest BCUT2D eigenvalue weighted by Crippen LogP contribution is -2.31. The Morgan fingerprint density at radius 2 is 2.12 bits per heavy atom. The second-order valence-corrected chi connectivity index (χ2v) is 9.20. The summed E-state index contributed by atoms with van der Waals surface area (Å²) >= 11 is 5.90. The molecule has 9 heteroatoms. The molecule has 2 fully saturated rings. The van der Waals surface area contributed by atoms with Gasteiger partial charge in [-0.25, -0.2) is 14.4 Å². The van der Waals surface area contributed by atoms with Gasteiger partial charge in [0.2, 0.25) is 5.95 Å². The first kappa shape index (κ1) is 23.0. The van der Waals surface area contributed by atoms with Gasteiger partial charge in [0, 0.05) is 37.2 Å². The van der Waals surface area contributed by atoms with Gasteiger partial charge in [0.05, 0.1) is 16.8 Å². The maximum absolute atomic E-state index is 14.3. The molecule has 1 unspecified atom stereocenters. The molecule has 7 nitrogen and oxygen atoms in total. The molecule has 5 rings (SSSR count). The highest BCUT2D eigenvalue weighted by atomic mass is 35.5. The molecule has 0 radical (unpaired) electrons. The van der Waals surface area contributed by atoms with Crippen molar-refractivity contribution in [2.45, 2.75) is 38.0 Å². The summed E-state index contributed by atoms with van der Waals surface area (Å²) in [4.78, 5) is 22.2. The second kappa shape index (κ2) is 10.2. The van der Waals surface area contributed by atoms with Crippen LogP contribution in [0.4, 0.5) is 10.3 Å². The van der Waals surface area contributed by atoms with E-state index in [-0.39, 0.29) is 28.8 Å². The van der Waals surface area contributed by atoms with Crippen molar-refractivity contribution in [3.63, 3.8) is 0 Å². The smallest absolute Gasteiger partial charge is 0.251 e. The summed E-state index contributed by atoms with van der Waals surface area (Å²) in [5.74, 6) is 0.150. The molecule has 34 heavy (non-hydrogen) atoms. The van der Waals surface area contributed by atoms with Crippen LogP contribution in [0.1, 0.15) is 37.3 Å². The van der Waals surface area contributed by atoms with Crippen molar-refractivity contribution in [1.82, 2.24) is 19.9 Å². The van der Waals surface area contributed by atoms with E-state index in [2.05, 4.69) is 20.6 Å². The fourth-order valence-electron chi connectivity index (χ4n) is 4.77. The van der Waals surface area contributed by atoms with Gasteiger partial charge < -0.3 is 19.9 Å². The van der Waals surface area contributed by atoms with Crippen molar-refractivity contribution in [3.8, 4) is 11.3 Å². The maximum Gasteiger partial charge on any atom is 0.251 e. The lowest BCUT2D eigenvalue weighted by Gasteiger charge is -2.26. The second-order valence-electron chi connectivity index (χ2n) is 8.80. The molecular weight excluding hydrogens is 457 g/mol. The van der Waals surface area contributed by atoms with Gasteiger partial charge in [-0.15, -0.1) is 0 Å². The van der Waals surface area contributed by atoms with Crippen molar-refractivity contribution in [2.24, 2.45) is 5.92 Å². The van der Waals surface area contributed by atoms with Crippen LogP contribution in [0.25, 0.3) is 11.3 Å². The van der Waals surface area contributed by atoms with Gasteiger partial charge in [0.1, 0.15) is 12.0 Å². The zero-order valence-electron chi connectivity index (χ0n) is 18.7. The highest BCUT2D eigenvalue weighted by Crippen LogP contribution is 2.32. The number of anilines is 1. The third-order valence-electron chi connectivity index (χ3n) is 6.50. The molecule has 3 atom stereocenters. The van der Waals surface area contributed by atoms with Crippen LogP contribution in [0, 0.1) is 11.7 Å². The quantitative estimate of drug-likeness (QED) is 0.546. The van der Waals surface area contributed by atoms with Crippen LogP contribution in [0.3, 0.4) is 0 Å².